The van der Waals surface area contributed by atoms with Crippen LogP contribution < -0.4 is 0 Å². The first kappa shape index (κ1) is 10.5. The summed E-state index contributed by atoms with van der Waals surface area (Å²) < 4.78 is 15.9. The Labute approximate surface area is 79.7 Å². The fourth-order valence-corrected chi connectivity index (χ4v) is 1.36. The Balaban J connectivity index is 2.39. The van der Waals surface area contributed by atoms with E-state index < -0.39 is 5.97 Å². The van der Waals surface area contributed by atoms with E-state index in [0.29, 0.717) is 6.42 Å². The minimum atomic E-state index is -0.844. The highest BCUT2D eigenvalue weighted by Crippen LogP contribution is 2.31. The summed E-state index contributed by atoms with van der Waals surface area (Å²) in [5, 5.41) is 0. The van der Waals surface area contributed by atoms with Crippen LogP contribution >= 0.6 is 0 Å². The van der Waals surface area contributed by atoms with Gasteiger partial charge in [-0.05, 0) is 12.5 Å². The quantitative estimate of drug-likeness (QED) is 0.617. The lowest BCUT2D eigenvalue weighted by molar-refractivity contribution is -0.335. The van der Waals surface area contributed by atoms with Gasteiger partial charge >= 0.3 is 5.97 Å². The fraction of sp³-hybridized carbons (Fsp3) is 0.800. The zero-order valence-electron chi connectivity index (χ0n) is 8.63. The van der Waals surface area contributed by atoms with Crippen molar-refractivity contribution >= 4 is 0 Å². The molecule has 0 aliphatic carbocycles. The van der Waals surface area contributed by atoms with Gasteiger partial charge in [-0.2, -0.15) is 0 Å². The SMILES string of the molecule is CCCCC1=CCC(OC)(OC)O1. The maximum Gasteiger partial charge on any atom is 0.329 e. The molecule has 0 atom stereocenters. The van der Waals surface area contributed by atoms with E-state index in [2.05, 4.69) is 6.92 Å². The van der Waals surface area contributed by atoms with Crippen molar-refractivity contribution in [3.8, 4) is 0 Å². The van der Waals surface area contributed by atoms with Gasteiger partial charge in [-0.25, -0.2) is 0 Å². The minimum Gasteiger partial charge on any atom is -0.444 e. The molecule has 0 aromatic rings. The van der Waals surface area contributed by atoms with E-state index in [4.69, 9.17) is 14.2 Å². The third-order valence-electron chi connectivity index (χ3n) is 2.27. The lowest BCUT2D eigenvalue weighted by atomic mass is 10.2. The Kier molecular flexibility index (Phi) is 3.75. The van der Waals surface area contributed by atoms with Gasteiger partial charge in [0.2, 0.25) is 0 Å². The molecule has 0 saturated heterocycles. The third-order valence-corrected chi connectivity index (χ3v) is 2.27. The summed E-state index contributed by atoms with van der Waals surface area (Å²) in [6.07, 6.45) is 6.02. The number of allylic oxidation sites excluding steroid dienone is 1. The average Bonchev–Trinajstić information content (AvgIpc) is 2.59. The molecule has 3 nitrogen and oxygen atoms in total. The second kappa shape index (κ2) is 4.63. The molecule has 1 aliphatic heterocycles. The van der Waals surface area contributed by atoms with Crippen LogP contribution in [0.5, 0.6) is 0 Å². The number of hydrogen-bond acceptors (Lipinski definition) is 3. The molecule has 0 unspecified atom stereocenters. The van der Waals surface area contributed by atoms with Crippen molar-refractivity contribution in [3.63, 3.8) is 0 Å². The minimum absolute atomic E-state index is 0.680. The molecule has 0 amide bonds. The van der Waals surface area contributed by atoms with Crippen molar-refractivity contribution in [2.45, 2.75) is 38.6 Å². The van der Waals surface area contributed by atoms with E-state index in [1.807, 2.05) is 6.08 Å². The monoisotopic (exact) mass is 186 g/mol. The lowest BCUT2D eigenvalue weighted by Gasteiger charge is -2.25. The molecule has 0 saturated carbocycles. The first-order chi connectivity index (χ1) is 6.26. The molecule has 0 N–H and O–H groups in total. The second-order valence-electron chi connectivity index (χ2n) is 3.17. The molecule has 0 fully saturated rings. The summed E-state index contributed by atoms with van der Waals surface area (Å²) in [7, 11) is 3.19. The van der Waals surface area contributed by atoms with E-state index in [1.165, 1.54) is 6.42 Å². The van der Waals surface area contributed by atoms with E-state index in [9.17, 15) is 0 Å². The summed E-state index contributed by atoms with van der Waals surface area (Å²) in [5.41, 5.74) is 0. The Hall–Kier alpha value is -0.540. The van der Waals surface area contributed by atoms with Crippen molar-refractivity contribution in [3.05, 3.63) is 11.8 Å². The van der Waals surface area contributed by atoms with Crippen LogP contribution in [0.4, 0.5) is 0 Å². The van der Waals surface area contributed by atoms with E-state index in [0.717, 1.165) is 18.6 Å². The highest BCUT2D eigenvalue weighted by Gasteiger charge is 2.36. The molecule has 0 aromatic carbocycles. The Bertz CT molecular complexity index is 183. The smallest absolute Gasteiger partial charge is 0.329 e. The van der Waals surface area contributed by atoms with Crippen molar-refractivity contribution in [1.82, 2.24) is 0 Å². The maximum atomic E-state index is 5.57. The van der Waals surface area contributed by atoms with Crippen molar-refractivity contribution in [2.75, 3.05) is 14.2 Å². The summed E-state index contributed by atoms with van der Waals surface area (Å²) >= 11 is 0. The highest BCUT2D eigenvalue weighted by atomic mass is 16.9. The van der Waals surface area contributed by atoms with Crippen LogP contribution in [-0.2, 0) is 14.2 Å². The van der Waals surface area contributed by atoms with E-state index in [-0.39, 0.29) is 0 Å². The molecule has 3 heteroatoms. The van der Waals surface area contributed by atoms with Gasteiger partial charge in [-0.1, -0.05) is 13.3 Å². The average molecular weight is 186 g/mol. The van der Waals surface area contributed by atoms with Crippen molar-refractivity contribution in [2.24, 2.45) is 0 Å². The van der Waals surface area contributed by atoms with Crippen LogP contribution in [0, 0.1) is 0 Å². The lowest BCUT2D eigenvalue weighted by Crippen LogP contribution is -2.32. The third kappa shape index (κ3) is 2.45. The van der Waals surface area contributed by atoms with Crippen LogP contribution in [0.25, 0.3) is 0 Å². The Morgan fingerprint density at radius 3 is 2.62 bits per heavy atom. The fourth-order valence-electron chi connectivity index (χ4n) is 1.36. The topological polar surface area (TPSA) is 27.7 Å². The van der Waals surface area contributed by atoms with Gasteiger partial charge in [0.1, 0.15) is 0 Å². The van der Waals surface area contributed by atoms with Gasteiger partial charge in [0.15, 0.2) is 0 Å². The van der Waals surface area contributed by atoms with Gasteiger partial charge in [0.05, 0.1) is 12.2 Å². The largest absolute Gasteiger partial charge is 0.444 e. The Morgan fingerprint density at radius 2 is 2.15 bits per heavy atom. The number of hydrogen-bond donors (Lipinski definition) is 0. The first-order valence-corrected chi connectivity index (χ1v) is 4.74. The van der Waals surface area contributed by atoms with Crippen molar-refractivity contribution < 1.29 is 14.2 Å². The molecule has 0 bridgehead atoms. The molecule has 0 radical (unpaired) electrons. The zero-order valence-corrected chi connectivity index (χ0v) is 8.63. The summed E-state index contributed by atoms with van der Waals surface area (Å²) in [4.78, 5) is 0. The van der Waals surface area contributed by atoms with E-state index >= 15 is 0 Å². The molecule has 1 rings (SSSR count). The molecule has 1 heterocycles. The second-order valence-corrected chi connectivity index (χ2v) is 3.17. The number of rotatable bonds is 5. The molecule has 76 valence electrons. The number of unbranched alkanes of at least 4 members (excludes halogenated alkanes) is 1. The van der Waals surface area contributed by atoms with Crippen LogP contribution in [0.1, 0.15) is 32.6 Å². The predicted molar refractivity (Wildman–Crippen MR) is 50.1 cm³/mol. The zero-order chi connectivity index (χ0) is 9.73. The summed E-state index contributed by atoms with van der Waals surface area (Å²) in [6, 6.07) is 0. The van der Waals surface area contributed by atoms with Gasteiger partial charge in [0, 0.05) is 20.6 Å². The molecule has 1 aliphatic rings. The Morgan fingerprint density at radius 1 is 1.46 bits per heavy atom. The van der Waals surface area contributed by atoms with Crippen molar-refractivity contribution in [1.29, 1.82) is 0 Å². The van der Waals surface area contributed by atoms with Crippen LogP contribution in [-0.4, -0.2) is 20.2 Å². The number of ether oxygens (including phenoxy) is 3. The summed E-state index contributed by atoms with van der Waals surface area (Å²) in [5.74, 6) is 0.147. The first-order valence-electron chi connectivity index (χ1n) is 4.74. The van der Waals surface area contributed by atoms with Crippen LogP contribution in [0.2, 0.25) is 0 Å². The van der Waals surface area contributed by atoms with Gasteiger partial charge in [-0.3, -0.25) is 0 Å². The van der Waals surface area contributed by atoms with E-state index in [1.54, 1.807) is 14.2 Å². The molecule has 13 heavy (non-hydrogen) atoms. The molecule has 0 aromatic heterocycles. The van der Waals surface area contributed by atoms with Gasteiger partial charge in [0.25, 0.3) is 0 Å². The van der Waals surface area contributed by atoms with Gasteiger partial charge in [-0.15, -0.1) is 0 Å². The van der Waals surface area contributed by atoms with Gasteiger partial charge < -0.3 is 14.2 Å². The molecule has 0 spiro atoms. The number of methoxy groups -OCH3 is 2. The highest BCUT2D eigenvalue weighted by molar-refractivity contribution is 5.01. The van der Waals surface area contributed by atoms with Crippen LogP contribution in [0.15, 0.2) is 11.8 Å². The normalized spacial score (nSPS) is 19.8. The summed E-state index contributed by atoms with van der Waals surface area (Å²) in [6.45, 7) is 2.16. The van der Waals surface area contributed by atoms with Crippen LogP contribution in [0.3, 0.4) is 0 Å². The molecular formula is C10H18O3. The predicted octanol–water partition coefficient (Wildman–Crippen LogP) is 2.43. The standard InChI is InChI=1S/C10H18O3/c1-4-5-6-9-7-8-10(11-2,12-3)13-9/h7H,4-6,8H2,1-3H3. The maximum absolute atomic E-state index is 5.57. The molecular weight excluding hydrogens is 168 g/mol.